The van der Waals surface area contributed by atoms with Crippen LogP contribution in [-0.4, -0.2) is 23.4 Å². The molecule has 0 N–H and O–H groups in total. The van der Waals surface area contributed by atoms with Crippen molar-refractivity contribution in [3.63, 3.8) is 0 Å². The number of para-hydroxylation sites is 2. The first kappa shape index (κ1) is 29.4. The van der Waals surface area contributed by atoms with E-state index >= 15 is 0 Å². The maximum atomic E-state index is 2.61. The molecule has 2 heteroatoms. The lowest BCUT2D eigenvalue weighted by atomic mass is 9.81. The van der Waals surface area contributed by atoms with Crippen LogP contribution < -0.4 is 4.90 Å². The Labute approximate surface area is 239 Å². The summed E-state index contributed by atoms with van der Waals surface area (Å²) in [7, 11) is 0. The van der Waals surface area contributed by atoms with Crippen molar-refractivity contribution in [3.05, 3.63) is 83.6 Å². The quantitative estimate of drug-likeness (QED) is 0.176. The van der Waals surface area contributed by atoms with E-state index in [1.54, 1.807) is 0 Å². The molecular formula is C37H53N2+. The molecule has 39 heavy (non-hydrogen) atoms. The van der Waals surface area contributed by atoms with Gasteiger partial charge in [-0.3, -0.25) is 0 Å². The first-order valence-electron chi connectivity index (χ1n) is 15.8. The number of fused-ring (bicyclic) bond motifs is 2. The van der Waals surface area contributed by atoms with Gasteiger partial charge < -0.3 is 4.90 Å². The number of allylic oxidation sites excluding steroid dienone is 4. The minimum absolute atomic E-state index is 0.00212. The smallest absolute Gasteiger partial charge is 0.209 e. The molecule has 2 aromatic carbocycles. The number of benzene rings is 2. The van der Waals surface area contributed by atoms with Crippen molar-refractivity contribution in [1.29, 1.82) is 0 Å². The van der Waals surface area contributed by atoms with Crippen LogP contribution in [0.25, 0.3) is 0 Å². The van der Waals surface area contributed by atoms with E-state index in [0.29, 0.717) is 0 Å². The standard InChI is InChI=1S/C37H53N2/c1-7-9-11-13-19-28-38-32-24-17-15-22-30(32)36(3,4)34(38)26-21-27-35-37(5,6)31-23-16-18-25-33(31)39(35)29-20-14-12-10-8-2/h15-18,21-27H,7-14,19-20,28-29H2,1-6H3/q+1. The summed E-state index contributed by atoms with van der Waals surface area (Å²) in [6.07, 6.45) is 20.3. The van der Waals surface area contributed by atoms with Crippen LogP contribution in [-0.2, 0) is 10.8 Å². The molecule has 210 valence electrons. The predicted molar refractivity (Wildman–Crippen MR) is 171 cm³/mol. The first-order chi connectivity index (χ1) is 18.8. The number of anilines is 1. The lowest BCUT2D eigenvalue weighted by molar-refractivity contribution is -0.438. The fourth-order valence-corrected chi connectivity index (χ4v) is 6.74. The van der Waals surface area contributed by atoms with Gasteiger partial charge in [0.2, 0.25) is 5.69 Å². The second-order valence-corrected chi connectivity index (χ2v) is 12.7. The summed E-state index contributed by atoms with van der Waals surface area (Å²) in [6.45, 7) is 16.4. The highest BCUT2D eigenvalue weighted by Gasteiger charge is 2.44. The molecule has 2 aliphatic rings. The molecule has 0 amide bonds. The number of nitrogens with zero attached hydrogens (tertiary/aromatic N) is 2. The van der Waals surface area contributed by atoms with Crippen molar-refractivity contribution < 1.29 is 4.58 Å². The third-order valence-corrected chi connectivity index (χ3v) is 9.08. The van der Waals surface area contributed by atoms with E-state index in [1.165, 1.54) is 98.1 Å². The highest BCUT2D eigenvalue weighted by atomic mass is 15.2. The third kappa shape index (κ3) is 6.26. The van der Waals surface area contributed by atoms with Gasteiger partial charge in [0.15, 0.2) is 5.71 Å². The molecule has 0 saturated heterocycles. The van der Waals surface area contributed by atoms with E-state index in [4.69, 9.17) is 0 Å². The zero-order valence-corrected chi connectivity index (χ0v) is 25.7. The van der Waals surface area contributed by atoms with Crippen LogP contribution in [0.3, 0.4) is 0 Å². The van der Waals surface area contributed by atoms with Crippen LogP contribution in [0.1, 0.15) is 117 Å². The van der Waals surface area contributed by atoms with Crippen LogP contribution in [0.2, 0.25) is 0 Å². The van der Waals surface area contributed by atoms with Crippen molar-refractivity contribution in [1.82, 2.24) is 0 Å². The third-order valence-electron chi connectivity index (χ3n) is 9.08. The number of hydrogen-bond acceptors (Lipinski definition) is 1. The van der Waals surface area contributed by atoms with Crippen molar-refractivity contribution in [2.45, 2.75) is 117 Å². The van der Waals surface area contributed by atoms with Gasteiger partial charge in [0.05, 0.1) is 5.41 Å². The fourth-order valence-electron chi connectivity index (χ4n) is 6.74. The Balaban J connectivity index is 1.63. The lowest BCUT2D eigenvalue weighted by Crippen LogP contribution is -2.28. The summed E-state index contributed by atoms with van der Waals surface area (Å²) < 4.78 is 2.61. The summed E-state index contributed by atoms with van der Waals surface area (Å²) in [4.78, 5) is 2.61. The highest BCUT2D eigenvalue weighted by Crippen LogP contribution is 2.48. The molecule has 0 unspecified atom stereocenters. The van der Waals surface area contributed by atoms with Gasteiger partial charge >= 0.3 is 0 Å². The second-order valence-electron chi connectivity index (χ2n) is 12.7. The van der Waals surface area contributed by atoms with Crippen LogP contribution in [0.15, 0.2) is 72.5 Å². The Kier molecular flexibility index (Phi) is 9.91. The van der Waals surface area contributed by atoms with Crippen LogP contribution >= 0.6 is 0 Å². The SMILES string of the molecule is CCCCCCCN1C(=CC=CC2=[N+](CCCCCCC)c3ccccc3C2(C)C)C(C)(C)c2ccccc21. The summed E-state index contributed by atoms with van der Waals surface area (Å²) in [6, 6.07) is 18.1. The van der Waals surface area contributed by atoms with Crippen LogP contribution in [0, 0.1) is 0 Å². The fraction of sp³-hybridized carbons (Fsp3) is 0.541. The van der Waals surface area contributed by atoms with Gasteiger partial charge in [0.1, 0.15) is 6.54 Å². The van der Waals surface area contributed by atoms with Crippen LogP contribution in [0.5, 0.6) is 0 Å². The van der Waals surface area contributed by atoms with Gasteiger partial charge in [-0.15, -0.1) is 0 Å². The Hall–Kier alpha value is -2.61. The normalized spacial score (nSPS) is 18.4. The Bertz CT molecular complexity index is 1190. The Morgan fingerprint density at radius 3 is 2.03 bits per heavy atom. The Morgan fingerprint density at radius 2 is 1.31 bits per heavy atom. The van der Waals surface area contributed by atoms with E-state index in [-0.39, 0.29) is 10.8 Å². The molecular weight excluding hydrogens is 472 g/mol. The lowest BCUT2D eigenvalue weighted by Gasteiger charge is -2.27. The van der Waals surface area contributed by atoms with Gasteiger partial charge in [-0.1, -0.05) is 115 Å². The number of hydrogen-bond donors (Lipinski definition) is 0. The van der Waals surface area contributed by atoms with Gasteiger partial charge in [-0.2, -0.15) is 4.58 Å². The van der Waals surface area contributed by atoms with Crippen molar-refractivity contribution in [3.8, 4) is 0 Å². The minimum atomic E-state index is 0.00212. The summed E-state index contributed by atoms with van der Waals surface area (Å²) >= 11 is 0. The summed E-state index contributed by atoms with van der Waals surface area (Å²) in [5.41, 5.74) is 8.55. The molecule has 0 aliphatic carbocycles. The maximum Gasteiger partial charge on any atom is 0.209 e. The second kappa shape index (κ2) is 13.2. The Morgan fingerprint density at radius 1 is 0.692 bits per heavy atom. The van der Waals surface area contributed by atoms with Crippen molar-refractivity contribution in [2.75, 3.05) is 18.0 Å². The molecule has 2 nitrogen and oxygen atoms in total. The molecule has 2 heterocycles. The molecule has 0 saturated carbocycles. The zero-order valence-electron chi connectivity index (χ0n) is 25.7. The average molecular weight is 526 g/mol. The topological polar surface area (TPSA) is 6.25 Å². The minimum Gasteiger partial charge on any atom is -0.344 e. The maximum absolute atomic E-state index is 2.61. The molecule has 0 fully saturated rings. The van der Waals surface area contributed by atoms with Gasteiger partial charge in [0, 0.05) is 47.5 Å². The number of unbranched alkanes of at least 4 members (excludes halogenated alkanes) is 8. The molecule has 0 spiro atoms. The van der Waals surface area contributed by atoms with E-state index in [2.05, 4.69) is 118 Å². The average Bonchev–Trinajstić information content (AvgIpc) is 3.28. The van der Waals surface area contributed by atoms with E-state index in [0.717, 1.165) is 13.1 Å². The molecule has 4 rings (SSSR count). The number of rotatable bonds is 14. The van der Waals surface area contributed by atoms with E-state index < -0.39 is 0 Å². The zero-order chi connectivity index (χ0) is 27.9. The van der Waals surface area contributed by atoms with Gasteiger partial charge in [0.25, 0.3) is 0 Å². The van der Waals surface area contributed by atoms with Gasteiger partial charge in [-0.05, 0) is 44.4 Å². The van der Waals surface area contributed by atoms with Gasteiger partial charge in [-0.25, -0.2) is 0 Å². The first-order valence-corrected chi connectivity index (χ1v) is 15.8. The summed E-state index contributed by atoms with van der Waals surface area (Å²) in [5.74, 6) is 0. The predicted octanol–water partition coefficient (Wildman–Crippen LogP) is 10.2. The molecule has 2 aromatic rings. The van der Waals surface area contributed by atoms with Crippen LogP contribution in [0.4, 0.5) is 11.4 Å². The van der Waals surface area contributed by atoms with Crippen molar-refractivity contribution >= 4 is 17.1 Å². The van der Waals surface area contributed by atoms with E-state index in [1.807, 2.05) is 0 Å². The van der Waals surface area contributed by atoms with Crippen molar-refractivity contribution in [2.24, 2.45) is 0 Å². The van der Waals surface area contributed by atoms with E-state index in [9.17, 15) is 0 Å². The summed E-state index contributed by atoms with van der Waals surface area (Å²) in [5, 5.41) is 0. The molecule has 2 aliphatic heterocycles. The monoisotopic (exact) mass is 525 g/mol. The molecule has 0 atom stereocenters. The molecule has 0 bridgehead atoms. The highest BCUT2D eigenvalue weighted by molar-refractivity contribution is 6.03. The molecule has 0 radical (unpaired) electrons. The largest absolute Gasteiger partial charge is 0.344 e. The molecule has 0 aromatic heterocycles.